The number of hydrogen-bond donors (Lipinski definition) is 2. The SMILES string of the molecule is Cl.Cl.O=C(Nc1cnc2n1CCCC2)[C@@H]1CCCCN1. The highest BCUT2D eigenvalue weighted by atomic mass is 35.5. The molecule has 0 saturated carbocycles. The van der Waals surface area contributed by atoms with E-state index in [0.29, 0.717) is 0 Å². The second kappa shape index (κ2) is 7.86. The first-order valence-electron chi connectivity index (χ1n) is 6.93. The number of carbonyl (C=O) groups is 1. The summed E-state index contributed by atoms with van der Waals surface area (Å²) >= 11 is 0. The summed E-state index contributed by atoms with van der Waals surface area (Å²) in [7, 11) is 0. The monoisotopic (exact) mass is 320 g/mol. The average molecular weight is 321 g/mol. The Hall–Kier alpha value is -0.780. The van der Waals surface area contributed by atoms with Gasteiger partial charge in [0, 0.05) is 13.0 Å². The van der Waals surface area contributed by atoms with Crippen LogP contribution in [0.5, 0.6) is 0 Å². The molecule has 0 aromatic carbocycles. The highest BCUT2D eigenvalue weighted by Crippen LogP contribution is 2.20. The van der Waals surface area contributed by atoms with Gasteiger partial charge in [-0.25, -0.2) is 4.98 Å². The van der Waals surface area contributed by atoms with Gasteiger partial charge in [0.1, 0.15) is 11.6 Å². The van der Waals surface area contributed by atoms with Crippen molar-refractivity contribution >= 4 is 36.5 Å². The van der Waals surface area contributed by atoms with Gasteiger partial charge < -0.3 is 15.2 Å². The Bertz CT molecular complexity index is 444. The van der Waals surface area contributed by atoms with Crippen LogP contribution >= 0.6 is 24.8 Å². The maximum Gasteiger partial charge on any atom is 0.242 e. The molecule has 0 radical (unpaired) electrons. The van der Waals surface area contributed by atoms with Crippen LogP contribution in [0.4, 0.5) is 5.82 Å². The number of nitrogens with one attached hydrogen (secondary N) is 2. The van der Waals surface area contributed by atoms with Crippen molar-refractivity contribution in [1.29, 1.82) is 0 Å². The Balaban J connectivity index is 0.000001000. The standard InChI is InChI=1S/C13H20N4O.2ClH/c18-13(10-5-1-3-7-14-10)16-12-9-15-11-6-2-4-8-17(11)12;;/h9-10,14H,1-8H2,(H,16,18);2*1H/t10-;;/m0../s1. The van der Waals surface area contributed by atoms with Crippen molar-refractivity contribution in [2.75, 3.05) is 11.9 Å². The van der Waals surface area contributed by atoms with Gasteiger partial charge in [-0.15, -0.1) is 24.8 Å². The van der Waals surface area contributed by atoms with E-state index < -0.39 is 0 Å². The number of anilines is 1. The van der Waals surface area contributed by atoms with E-state index in [4.69, 9.17) is 0 Å². The number of aryl methyl sites for hydroxylation is 1. The predicted molar refractivity (Wildman–Crippen MR) is 83.9 cm³/mol. The Labute approximate surface area is 131 Å². The molecule has 114 valence electrons. The number of halogens is 2. The molecule has 2 N–H and O–H groups in total. The summed E-state index contributed by atoms with van der Waals surface area (Å²) in [6.45, 7) is 1.92. The first-order valence-corrected chi connectivity index (χ1v) is 6.93. The van der Waals surface area contributed by atoms with Crippen molar-refractivity contribution in [2.45, 2.75) is 51.1 Å². The minimum absolute atomic E-state index is 0. The highest BCUT2D eigenvalue weighted by molar-refractivity contribution is 5.94. The number of aromatic nitrogens is 2. The minimum atomic E-state index is -0.0338. The summed E-state index contributed by atoms with van der Waals surface area (Å²) in [6, 6.07) is -0.0338. The second-order valence-electron chi connectivity index (χ2n) is 5.16. The molecule has 7 heteroatoms. The Morgan fingerprint density at radius 3 is 2.90 bits per heavy atom. The van der Waals surface area contributed by atoms with E-state index in [2.05, 4.69) is 20.2 Å². The third-order valence-electron chi connectivity index (χ3n) is 3.85. The van der Waals surface area contributed by atoms with Gasteiger partial charge in [-0.2, -0.15) is 0 Å². The third kappa shape index (κ3) is 3.65. The van der Waals surface area contributed by atoms with E-state index in [1.165, 1.54) is 19.3 Å². The van der Waals surface area contributed by atoms with E-state index >= 15 is 0 Å². The van der Waals surface area contributed by atoms with Crippen molar-refractivity contribution in [3.63, 3.8) is 0 Å². The molecule has 1 aromatic heterocycles. The maximum atomic E-state index is 12.1. The number of imidazole rings is 1. The highest BCUT2D eigenvalue weighted by Gasteiger charge is 2.22. The van der Waals surface area contributed by atoms with E-state index in [9.17, 15) is 4.79 Å². The van der Waals surface area contributed by atoms with E-state index in [1.807, 2.05) is 0 Å². The van der Waals surface area contributed by atoms with Crippen molar-refractivity contribution in [3.05, 3.63) is 12.0 Å². The van der Waals surface area contributed by atoms with Crippen LogP contribution in [0.3, 0.4) is 0 Å². The summed E-state index contributed by atoms with van der Waals surface area (Å²) in [5.74, 6) is 2.05. The molecule has 1 fully saturated rings. The van der Waals surface area contributed by atoms with Crippen LogP contribution in [0.15, 0.2) is 6.20 Å². The van der Waals surface area contributed by atoms with E-state index in [-0.39, 0.29) is 36.8 Å². The quantitative estimate of drug-likeness (QED) is 0.877. The molecule has 1 atom stereocenters. The molecule has 5 nitrogen and oxygen atoms in total. The average Bonchev–Trinajstić information content (AvgIpc) is 2.83. The summed E-state index contributed by atoms with van der Waals surface area (Å²) in [6.07, 6.45) is 8.44. The normalized spacial score (nSPS) is 21.1. The van der Waals surface area contributed by atoms with Crippen LogP contribution in [0.2, 0.25) is 0 Å². The zero-order valence-electron chi connectivity index (χ0n) is 11.4. The van der Waals surface area contributed by atoms with Crippen molar-refractivity contribution < 1.29 is 4.79 Å². The van der Waals surface area contributed by atoms with Crippen LogP contribution in [-0.4, -0.2) is 28.0 Å². The molecular weight excluding hydrogens is 299 g/mol. The summed E-state index contributed by atoms with van der Waals surface area (Å²) in [5.41, 5.74) is 0. The van der Waals surface area contributed by atoms with Gasteiger partial charge in [0.05, 0.1) is 12.2 Å². The molecular formula is C13H22Cl2N4O. The van der Waals surface area contributed by atoms with E-state index in [0.717, 1.165) is 44.0 Å². The smallest absolute Gasteiger partial charge is 0.242 e. The second-order valence-corrected chi connectivity index (χ2v) is 5.16. The summed E-state index contributed by atoms with van der Waals surface area (Å²) in [5, 5.41) is 6.29. The van der Waals surface area contributed by atoms with Crippen molar-refractivity contribution in [3.8, 4) is 0 Å². The van der Waals surface area contributed by atoms with Gasteiger partial charge in [0.2, 0.25) is 5.91 Å². The fourth-order valence-electron chi connectivity index (χ4n) is 2.80. The van der Waals surface area contributed by atoms with Gasteiger partial charge in [0.25, 0.3) is 0 Å². The van der Waals surface area contributed by atoms with Crippen molar-refractivity contribution in [2.24, 2.45) is 0 Å². The van der Waals surface area contributed by atoms with Crippen molar-refractivity contribution in [1.82, 2.24) is 14.9 Å². The molecule has 1 amide bonds. The summed E-state index contributed by atoms with van der Waals surface area (Å²) in [4.78, 5) is 16.5. The number of nitrogens with zero attached hydrogens (tertiary/aromatic N) is 2. The number of amides is 1. The van der Waals surface area contributed by atoms with Crippen LogP contribution in [0.1, 0.15) is 37.9 Å². The Kier molecular flexibility index (Phi) is 6.79. The fourth-order valence-corrected chi connectivity index (χ4v) is 2.80. The van der Waals surface area contributed by atoms with Crippen LogP contribution in [0, 0.1) is 0 Å². The molecule has 3 rings (SSSR count). The number of rotatable bonds is 2. The first kappa shape index (κ1) is 17.3. The Morgan fingerprint density at radius 2 is 2.15 bits per heavy atom. The van der Waals surface area contributed by atoms with Gasteiger partial charge in [-0.3, -0.25) is 4.79 Å². The molecule has 0 spiro atoms. The molecule has 0 aliphatic carbocycles. The molecule has 2 aliphatic rings. The lowest BCUT2D eigenvalue weighted by Gasteiger charge is -2.23. The molecule has 3 heterocycles. The lowest BCUT2D eigenvalue weighted by Crippen LogP contribution is -2.43. The van der Waals surface area contributed by atoms with Gasteiger partial charge in [-0.05, 0) is 32.2 Å². The van der Waals surface area contributed by atoms with Crippen LogP contribution < -0.4 is 10.6 Å². The van der Waals surface area contributed by atoms with Gasteiger partial charge >= 0.3 is 0 Å². The van der Waals surface area contributed by atoms with Crippen LogP contribution in [-0.2, 0) is 17.8 Å². The largest absolute Gasteiger partial charge is 0.315 e. The molecule has 2 aliphatic heterocycles. The Morgan fingerprint density at radius 1 is 1.30 bits per heavy atom. The maximum absolute atomic E-state index is 12.1. The number of carbonyl (C=O) groups excluding carboxylic acids is 1. The minimum Gasteiger partial charge on any atom is -0.315 e. The lowest BCUT2D eigenvalue weighted by molar-refractivity contribution is -0.118. The summed E-state index contributed by atoms with van der Waals surface area (Å²) < 4.78 is 2.14. The first-order chi connectivity index (χ1) is 8.84. The van der Waals surface area contributed by atoms with Gasteiger partial charge in [0.15, 0.2) is 0 Å². The molecule has 20 heavy (non-hydrogen) atoms. The molecule has 1 saturated heterocycles. The van der Waals surface area contributed by atoms with E-state index in [1.54, 1.807) is 6.20 Å². The third-order valence-corrected chi connectivity index (χ3v) is 3.85. The molecule has 1 aromatic rings. The number of fused-ring (bicyclic) bond motifs is 1. The molecule has 0 unspecified atom stereocenters. The van der Waals surface area contributed by atoms with Gasteiger partial charge in [-0.1, -0.05) is 6.42 Å². The zero-order chi connectivity index (χ0) is 12.4. The number of hydrogen-bond acceptors (Lipinski definition) is 3. The molecule has 0 bridgehead atoms. The zero-order valence-corrected chi connectivity index (χ0v) is 13.1. The lowest BCUT2D eigenvalue weighted by atomic mass is 10.0. The topological polar surface area (TPSA) is 59.0 Å². The predicted octanol–water partition coefficient (Wildman–Crippen LogP) is 2.14. The number of piperidine rings is 1. The fraction of sp³-hybridized carbons (Fsp3) is 0.692. The van der Waals surface area contributed by atoms with Crippen LogP contribution in [0.25, 0.3) is 0 Å².